The van der Waals surface area contributed by atoms with Crippen LogP contribution >= 0.6 is 0 Å². The van der Waals surface area contributed by atoms with Crippen LogP contribution < -0.4 is 5.32 Å². The van der Waals surface area contributed by atoms with Crippen LogP contribution in [0.5, 0.6) is 0 Å². The molecule has 3 aromatic rings. The van der Waals surface area contributed by atoms with Gasteiger partial charge in [-0.1, -0.05) is 18.2 Å². The van der Waals surface area contributed by atoms with Crippen molar-refractivity contribution < 1.29 is 18.7 Å². The molecule has 0 bridgehead atoms. The van der Waals surface area contributed by atoms with Crippen molar-refractivity contribution in [1.29, 1.82) is 0 Å². The summed E-state index contributed by atoms with van der Waals surface area (Å²) in [5, 5.41) is 3.54. The van der Waals surface area contributed by atoms with Crippen LogP contribution in [0.1, 0.15) is 12.5 Å². The lowest BCUT2D eigenvalue weighted by Gasteiger charge is -2.13. The topological polar surface area (TPSA) is 68.3 Å². The Hall–Kier alpha value is -3.54. The van der Waals surface area contributed by atoms with E-state index in [0.717, 1.165) is 10.9 Å². The standard InChI is InChI=1S/C21H17FN2O3/c1-14(27-20(25)12-9-15-7-10-16(22)11-8-15)21(26)24-19-6-2-5-18-17(19)4-3-13-23-18/h2-14H,1H3,(H,24,26)/b12-9+. The van der Waals surface area contributed by atoms with Gasteiger partial charge in [-0.25, -0.2) is 9.18 Å². The fourth-order valence-electron chi connectivity index (χ4n) is 2.45. The fraction of sp³-hybridized carbons (Fsp3) is 0.0952. The Morgan fingerprint density at radius 2 is 1.89 bits per heavy atom. The van der Waals surface area contributed by atoms with Gasteiger partial charge in [-0.3, -0.25) is 9.78 Å². The summed E-state index contributed by atoms with van der Waals surface area (Å²) < 4.78 is 18.0. The van der Waals surface area contributed by atoms with Gasteiger partial charge in [0.05, 0.1) is 11.2 Å². The number of nitrogens with zero attached hydrogens (tertiary/aromatic N) is 1. The molecule has 1 unspecified atom stereocenters. The monoisotopic (exact) mass is 364 g/mol. The lowest BCUT2D eigenvalue weighted by molar-refractivity contribution is -0.148. The van der Waals surface area contributed by atoms with Crippen molar-refractivity contribution in [3.63, 3.8) is 0 Å². The number of halogens is 1. The third kappa shape index (κ3) is 4.76. The largest absolute Gasteiger partial charge is 0.449 e. The number of carbonyl (C=O) groups is 2. The number of benzene rings is 2. The SMILES string of the molecule is CC(OC(=O)/C=C/c1ccc(F)cc1)C(=O)Nc1cccc2ncccc12. The predicted octanol–water partition coefficient (Wildman–Crippen LogP) is 3.96. The summed E-state index contributed by atoms with van der Waals surface area (Å²) in [5.41, 5.74) is 1.99. The highest BCUT2D eigenvalue weighted by Gasteiger charge is 2.17. The van der Waals surface area contributed by atoms with Gasteiger partial charge in [0, 0.05) is 17.7 Å². The first-order valence-corrected chi connectivity index (χ1v) is 8.32. The third-order valence-corrected chi connectivity index (χ3v) is 3.85. The van der Waals surface area contributed by atoms with Gasteiger partial charge in [0.15, 0.2) is 6.10 Å². The van der Waals surface area contributed by atoms with E-state index in [9.17, 15) is 14.0 Å². The highest BCUT2D eigenvalue weighted by atomic mass is 19.1. The maximum atomic E-state index is 12.9. The molecule has 0 spiro atoms. The van der Waals surface area contributed by atoms with Crippen molar-refractivity contribution in [2.75, 3.05) is 5.32 Å². The van der Waals surface area contributed by atoms with Crippen LogP contribution in [0.15, 0.2) is 66.9 Å². The summed E-state index contributed by atoms with van der Waals surface area (Å²) in [6.07, 6.45) is 3.37. The van der Waals surface area contributed by atoms with Crippen LogP contribution in [0.3, 0.4) is 0 Å². The van der Waals surface area contributed by atoms with Gasteiger partial charge in [-0.2, -0.15) is 0 Å². The first kappa shape index (κ1) is 18.3. The van der Waals surface area contributed by atoms with Gasteiger partial charge < -0.3 is 10.1 Å². The molecule has 0 aliphatic rings. The van der Waals surface area contributed by atoms with Gasteiger partial charge >= 0.3 is 5.97 Å². The number of esters is 1. The number of pyridine rings is 1. The zero-order valence-electron chi connectivity index (χ0n) is 14.6. The maximum absolute atomic E-state index is 12.9. The van der Waals surface area contributed by atoms with E-state index >= 15 is 0 Å². The second-order valence-corrected chi connectivity index (χ2v) is 5.83. The van der Waals surface area contributed by atoms with Crippen LogP contribution in [-0.4, -0.2) is 23.0 Å². The van der Waals surface area contributed by atoms with Gasteiger partial charge in [0.1, 0.15) is 5.82 Å². The molecule has 0 saturated heterocycles. The Morgan fingerprint density at radius 1 is 1.11 bits per heavy atom. The smallest absolute Gasteiger partial charge is 0.331 e. The molecular formula is C21H17FN2O3. The first-order valence-electron chi connectivity index (χ1n) is 8.32. The van der Waals surface area contributed by atoms with Crippen molar-refractivity contribution in [2.45, 2.75) is 13.0 Å². The van der Waals surface area contributed by atoms with Gasteiger partial charge in [-0.05, 0) is 55.0 Å². The van der Waals surface area contributed by atoms with Crippen LogP contribution in [0.25, 0.3) is 17.0 Å². The molecule has 1 amide bonds. The molecule has 1 N–H and O–H groups in total. The van der Waals surface area contributed by atoms with Crippen LogP contribution in [0, 0.1) is 5.82 Å². The van der Waals surface area contributed by atoms with Crippen molar-refractivity contribution in [3.05, 3.63) is 78.3 Å². The molecule has 27 heavy (non-hydrogen) atoms. The number of carbonyl (C=O) groups excluding carboxylic acids is 2. The number of ether oxygens (including phenoxy) is 1. The number of nitrogens with one attached hydrogen (secondary N) is 1. The number of amides is 1. The minimum Gasteiger partial charge on any atom is -0.449 e. The lowest BCUT2D eigenvalue weighted by Crippen LogP contribution is -2.29. The van der Waals surface area contributed by atoms with Crippen molar-refractivity contribution in [3.8, 4) is 0 Å². The molecule has 0 aliphatic carbocycles. The van der Waals surface area contributed by atoms with E-state index < -0.39 is 18.0 Å². The quantitative estimate of drug-likeness (QED) is 0.550. The van der Waals surface area contributed by atoms with Crippen LogP contribution in [0.4, 0.5) is 10.1 Å². The molecule has 0 saturated carbocycles. The average molecular weight is 364 g/mol. The summed E-state index contributed by atoms with van der Waals surface area (Å²) in [6.45, 7) is 1.49. The molecule has 6 heteroatoms. The molecule has 0 aliphatic heterocycles. The van der Waals surface area contributed by atoms with Crippen molar-refractivity contribution in [1.82, 2.24) is 4.98 Å². The molecule has 1 atom stereocenters. The van der Waals surface area contributed by atoms with E-state index in [1.54, 1.807) is 24.4 Å². The van der Waals surface area contributed by atoms with Gasteiger partial charge in [-0.15, -0.1) is 0 Å². The van der Waals surface area contributed by atoms with E-state index in [1.807, 2.05) is 12.1 Å². The summed E-state index contributed by atoms with van der Waals surface area (Å²) >= 11 is 0. The Labute approximate surface area is 155 Å². The summed E-state index contributed by atoms with van der Waals surface area (Å²) in [6, 6.07) is 14.7. The molecule has 136 valence electrons. The number of hydrogen-bond donors (Lipinski definition) is 1. The zero-order chi connectivity index (χ0) is 19.2. The third-order valence-electron chi connectivity index (χ3n) is 3.85. The van der Waals surface area contributed by atoms with Gasteiger partial charge in [0.2, 0.25) is 0 Å². The fourth-order valence-corrected chi connectivity index (χ4v) is 2.45. The summed E-state index contributed by atoms with van der Waals surface area (Å²) in [7, 11) is 0. The molecule has 1 aromatic heterocycles. The van der Waals surface area contributed by atoms with E-state index in [4.69, 9.17) is 4.74 Å². The van der Waals surface area contributed by atoms with Crippen molar-refractivity contribution in [2.24, 2.45) is 0 Å². The highest BCUT2D eigenvalue weighted by molar-refractivity contribution is 6.03. The maximum Gasteiger partial charge on any atom is 0.331 e. The van der Waals surface area contributed by atoms with Crippen LogP contribution in [0.2, 0.25) is 0 Å². The molecular weight excluding hydrogens is 347 g/mol. The second kappa shape index (κ2) is 8.23. The highest BCUT2D eigenvalue weighted by Crippen LogP contribution is 2.21. The number of anilines is 1. The molecule has 1 heterocycles. The Kier molecular flexibility index (Phi) is 5.56. The molecule has 0 fully saturated rings. The average Bonchev–Trinajstić information content (AvgIpc) is 2.68. The molecule has 0 radical (unpaired) electrons. The Bertz CT molecular complexity index is 994. The van der Waals surface area contributed by atoms with Crippen LogP contribution in [-0.2, 0) is 14.3 Å². The van der Waals surface area contributed by atoms with E-state index in [0.29, 0.717) is 11.3 Å². The molecule has 5 nitrogen and oxygen atoms in total. The summed E-state index contributed by atoms with van der Waals surface area (Å²) in [4.78, 5) is 28.5. The second-order valence-electron chi connectivity index (χ2n) is 5.83. The normalized spacial score (nSPS) is 12.1. The number of hydrogen-bond acceptors (Lipinski definition) is 4. The number of rotatable bonds is 5. The minimum atomic E-state index is -0.984. The first-order chi connectivity index (χ1) is 13.0. The number of aromatic nitrogens is 1. The van der Waals surface area contributed by atoms with Gasteiger partial charge in [0.25, 0.3) is 5.91 Å². The summed E-state index contributed by atoms with van der Waals surface area (Å²) in [5.74, 6) is -1.47. The minimum absolute atomic E-state index is 0.358. The Morgan fingerprint density at radius 3 is 2.67 bits per heavy atom. The molecule has 3 rings (SSSR count). The van der Waals surface area contributed by atoms with Crippen molar-refractivity contribution >= 4 is 34.5 Å². The van der Waals surface area contributed by atoms with E-state index in [-0.39, 0.29) is 5.82 Å². The predicted molar refractivity (Wildman–Crippen MR) is 101 cm³/mol. The zero-order valence-corrected chi connectivity index (χ0v) is 14.6. The lowest BCUT2D eigenvalue weighted by atomic mass is 10.2. The Balaban J connectivity index is 1.61. The molecule has 2 aromatic carbocycles. The number of fused-ring (bicyclic) bond motifs is 1. The van der Waals surface area contributed by atoms with E-state index in [1.165, 1.54) is 43.3 Å². The van der Waals surface area contributed by atoms with E-state index in [2.05, 4.69) is 10.3 Å².